The number of rotatable bonds is 7. The molecule has 1 heterocycles. The molecule has 2 N–H and O–H groups in total. The average molecular weight is 325 g/mol. The zero-order valence-electron chi connectivity index (χ0n) is 13.4. The van der Waals surface area contributed by atoms with Crippen LogP contribution in [0.25, 0.3) is 0 Å². The van der Waals surface area contributed by atoms with Crippen molar-refractivity contribution < 1.29 is 18.7 Å². The van der Waals surface area contributed by atoms with E-state index in [4.69, 9.17) is 9.47 Å². The standard InChI is InChI=1S/C16H24FN3O3/c1-2-23-15-4-3-13(11-14(15)17)12-19-16(21)18-5-6-20-7-9-22-10-8-20/h3-4,11H,2,5-10,12H2,1H3,(H2,18,19,21). The lowest BCUT2D eigenvalue weighted by molar-refractivity contribution is 0.0387. The second-order valence-electron chi connectivity index (χ2n) is 5.26. The molecule has 1 saturated heterocycles. The molecule has 0 atom stereocenters. The van der Waals surface area contributed by atoms with Crippen molar-refractivity contribution in [2.75, 3.05) is 46.0 Å². The first-order valence-corrected chi connectivity index (χ1v) is 7.92. The van der Waals surface area contributed by atoms with Crippen LogP contribution in [0, 0.1) is 5.82 Å². The molecule has 1 fully saturated rings. The molecule has 0 bridgehead atoms. The van der Waals surface area contributed by atoms with Gasteiger partial charge in [0.05, 0.1) is 19.8 Å². The summed E-state index contributed by atoms with van der Waals surface area (Å²) in [5.41, 5.74) is 0.689. The molecule has 1 aliphatic heterocycles. The fourth-order valence-electron chi connectivity index (χ4n) is 2.32. The minimum atomic E-state index is -0.418. The number of benzene rings is 1. The van der Waals surface area contributed by atoms with E-state index in [2.05, 4.69) is 15.5 Å². The SMILES string of the molecule is CCOc1ccc(CNC(=O)NCCN2CCOCC2)cc1F. The Hall–Kier alpha value is -1.86. The molecule has 0 unspecified atom stereocenters. The number of urea groups is 1. The lowest BCUT2D eigenvalue weighted by Crippen LogP contribution is -2.43. The molecular formula is C16H24FN3O3. The zero-order chi connectivity index (χ0) is 16.5. The van der Waals surface area contributed by atoms with Gasteiger partial charge >= 0.3 is 6.03 Å². The lowest BCUT2D eigenvalue weighted by atomic mass is 10.2. The van der Waals surface area contributed by atoms with Crippen LogP contribution in [0.1, 0.15) is 12.5 Å². The molecule has 2 rings (SSSR count). The number of hydrogen-bond donors (Lipinski definition) is 2. The molecule has 6 nitrogen and oxygen atoms in total. The molecule has 0 spiro atoms. The Morgan fingerprint density at radius 2 is 2.13 bits per heavy atom. The average Bonchev–Trinajstić information content (AvgIpc) is 2.56. The highest BCUT2D eigenvalue weighted by Gasteiger charge is 2.10. The van der Waals surface area contributed by atoms with Crippen molar-refractivity contribution in [3.8, 4) is 5.75 Å². The van der Waals surface area contributed by atoms with Gasteiger partial charge in [0.15, 0.2) is 11.6 Å². The van der Waals surface area contributed by atoms with E-state index in [1.54, 1.807) is 19.1 Å². The minimum Gasteiger partial charge on any atom is -0.491 e. The van der Waals surface area contributed by atoms with Gasteiger partial charge in [-0.3, -0.25) is 4.90 Å². The van der Waals surface area contributed by atoms with Crippen LogP contribution in [0.3, 0.4) is 0 Å². The number of halogens is 1. The first kappa shape index (κ1) is 17.5. The van der Waals surface area contributed by atoms with Crippen molar-refractivity contribution in [2.24, 2.45) is 0 Å². The fraction of sp³-hybridized carbons (Fsp3) is 0.562. The second-order valence-corrected chi connectivity index (χ2v) is 5.26. The molecule has 7 heteroatoms. The number of carbonyl (C=O) groups excluding carboxylic acids is 1. The van der Waals surface area contributed by atoms with Crippen LogP contribution in [0.5, 0.6) is 5.75 Å². The Balaban J connectivity index is 1.66. The van der Waals surface area contributed by atoms with Crippen molar-refractivity contribution in [2.45, 2.75) is 13.5 Å². The molecule has 1 aromatic carbocycles. The molecule has 0 aliphatic carbocycles. The summed E-state index contributed by atoms with van der Waals surface area (Å²) in [6.45, 7) is 7.15. The van der Waals surface area contributed by atoms with Gasteiger partial charge in [-0.1, -0.05) is 6.07 Å². The summed E-state index contributed by atoms with van der Waals surface area (Å²) in [5.74, 6) is -0.190. The Bertz CT molecular complexity index is 507. The van der Waals surface area contributed by atoms with E-state index in [1.807, 2.05) is 0 Å². The molecule has 0 aromatic heterocycles. The molecular weight excluding hydrogens is 301 g/mol. The van der Waals surface area contributed by atoms with Crippen LogP contribution >= 0.6 is 0 Å². The third-order valence-corrected chi connectivity index (χ3v) is 3.57. The van der Waals surface area contributed by atoms with E-state index in [1.165, 1.54) is 6.07 Å². The maximum Gasteiger partial charge on any atom is 0.315 e. The number of carbonyl (C=O) groups is 1. The highest BCUT2D eigenvalue weighted by molar-refractivity contribution is 5.73. The van der Waals surface area contributed by atoms with Crippen molar-refractivity contribution in [1.82, 2.24) is 15.5 Å². The van der Waals surface area contributed by atoms with E-state index >= 15 is 0 Å². The van der Waals surface area contributed by atoms with Crippen LogP contribution < -0.4 is 15.4 Å². The smallest absolute Gasteiger partial charge is 0.315 e. The molecule has 1 aliphatic rings. The van der Waals surface area contributed by atoms with Gasteiger partial charge in [-0.25, -0.2) is 9.18 Å². The largest absolute Gasteiger partial charge is 0.491 e. The topological polar surface area (TPSA) is 62.8 Å². The summed E-state index contributed by atoms with van der Waals surface area (Å²) in [4.78, 5) is 14.0. The van der Waals surface area contributed by atoms with E-state index < -0.39 is 5.82 Å². The van der Waals surface area contributed by atoms with Gasteiger partial charge in [-0.15, -0.1) is 0 Å². The molecule has 128 valence electrons. The molecule has 0 saturated carbocycles. The molecule has 23 heavy (non-hydrogen) atoms. The zero-order valence-corrected chi connectivity index (χ0v) is 13.4. The van der Waals surface area contributed by atoms with Crippen LogP contribution in [-0.4, -0.2) is 56.9 Å². The third-order valence-electron chi connectivity index (χ3n) is 3.57. The van der Waals surface area contributed by atoms with E-state index in [0.717, 1.165) is 32.8 Å². The van der Waals surface area contributed by atoms with Crippen molar-refractivity contribution in [3.05, 3.63) is 29.6 Å². The number of morpholine rings is 1. The van der Waals surface area contributed by atoms with Crippen LogP contribution in [0.15, 0.2) is 18.2 Å². The van der Waals surface area contributed by atoms with Gasteiger partial charge in [0.25, 0.3) is 0 Å². The molecule has 0 radical (unpaired) electrons. The lowest BCUT2D eigenvalue weighted by Gasteiger charge is -2.26. The Morgan fingerprint density at radius 3 is 2.83 bits per heavy atom. The summed E-state index contributed by atoms with van der Waals surface area (Å²) in [7, 11) is 0. The molecule has 1 aromatic rings. The van der Waals surface area contributed by atoms with Gasteiger partial charge in [0, 0.05) is 32.7 Å². The first-order valence-electron chi connectivity index (χ1n) is 7.92. The number of ether oxygens (including phenoxy) is 2. The summed E-state index contributed by atoms with van der Waals surface area (Å²) >= 11 is 0. The number of amides is 2. The van der Waals surface area contributed by atoms with Crippen molar-refractivity contribution >= 4 is 6.03 Å². The highest BCUT2D eigenvalue weighted by atomic mass is 19.1. The Labute approximate surface area is 135 Å². The normalized spacial score (nSPS) is 15.2. The highest BCUT2D eigenvalue weighted by Crippen LogP contribution is 2.18. The van der Waals surface area contributed by atoms with Gasteiger partial charge in [0.1, 0.15) is 0 Å². The van der Waals surface area contributed by atoms with Gasteiger partial charge < -0.3 is 20.1 Å². The summed E-state index contributed by atoms with van der Waals surface area (Å²) < 4.78 is 24.1. The van der Waals surface area contributed by atoms with Crippen LogP contribution in [0.4, 0.5) is 9.18 Å². The maximum atomic E-state index is 13.7. The van der Waals surface area contributed by atoms with E-state index in [0.29, 0.717) is 18.7 Å². The third kappa shape index (κ3) is 6.03. The fourth-order valence-corrected chi connectivity index (χ4v) is 2.32. The van der Waals surface area contributed by atoms with E-state index in [-0.39, 0.29) is 18.3 Å². The Kier molecular flexibility index (Phi) is 7.09. The monoisotopic (exact) mass is 325 g/mol. The van der Waals surface area contributed by atoms with Crippen molar-refractivity contribution in [1.29, 1.82) is 0 Å². The second kappa shape index (κ2) is 9.32. The van der Waals surface area contributed by atoms with Crippen LogP contribution in [-0.2, 0) is 11.3 Å². The molecule has 2 amide bonds. The number of nitrogens with one attached hydrogen (secondary N) is 2. The van der Waals surface area contributed by atoms with E-state index in [9.17, 15) is 9.18 Å². The maximum absolute atomic E-state index is 13.7. The predicted octanol–water partition coefficient (Wildman–Crippen LogP) is 1.36. The number of nitrogens with zero attached hydrogens (tertiary/aromatic N) is 1. The summed E-state index contributed by atoms with van der Waals surface area (Å²) in [6, 6.07) is 4.43. The van der Waals surface area contributed by atoms with Gasteiger partial charge in [-0.2, -0.15) is 0 Å². The van der Waals surface area contributed by atoms with Gasteiger partial charge in [-0.05, 0) is 24.6 Å². The quantitative estimate of drug-likeness (QED) is 0.794. The first-order chi connectivity index (χ1) is 11.2. The Morgan fingerprint density at radius 1 is 1.35 bits per heavy atom. The number of hydrogen-bond acceptors (Lipinski definition) is 4. The van der Waals surface area contributed by atoms with Crippen LogP contribution in [0.2, 0.25) is 0 Å². The summed E-state index contributed by atoms with van der Waals surface area (Å²) in [6.07, 6.45) is 0. The minimum absolute atomic E-state index is 0.228. The predicted molar refractivity (Wildman–Crippen MR) is 85.1 cm³/mol. The van der Waals surface area contributed by atoms with Gasteiger partial charge in [0.2, 0.25) is 0 Å². The van der Waals surface area contributed by atoms with Crippen molar-refractivity contribution in [3.63, 3.8) is 0 Å². The summed E-state index contributed by atoms with van der Waals surface area (Å²) in [5, 5.41) is 5.51.